The number of halogens is 4. The zero-order valence-corrected chi connectivity index (χ0v) is 9.22. The highest BCUT2D eigenvalue weighted by atomic mass is 35.5. The highest BCUT2D eigenvalue weighted by Crippen LogP contribution is 2.35. The van der Waals surface area contributed by atoms with Gasteiger partial charge in [-0.25, -0.2) is 0 Å². The number of hydrogen-bond acceptors (Lipinski definition) is 2. The summed E-state index contributed by atoms with van der Waals surface area (Å²) in [5.74, 6) is -1.13. The first-order valence-electron chi connectivity index (χ1n) is 4.56. The lowest BCUT2D eigenvalue weighted by Crippen LogP contribution is -2.15. The standard InChI is InChI=1S/C10H9ClF3NO2/c11-7-3-5(8(15)4-9(16)17)1-2-6(7)10(12,13)14/h1-3,8H,4,15H2,(H,16,17). The number of aliphatic carboxylic acids is 1. The van der Waals surface area contributed by atoms with Crippen LogP contribution in [0, 0.1) is 0 Å². The van der Waals surface area contributed by atoms with Crippen LogP contribution in [-0.4, -0.2) is 11.1 Å². The average molecular weight is 268 g/mol. The highest BCUT2D eigenvalue weighted by Gasteiger charge is 2.33. The summed E-state index contributed by atoms with van der Waals surface area (Å²) in [6.45, 7) is 0. The Morgan fingerprint density at radius 3 is 2.47 bits per heavy atom. The van der Waals surface area contributed by atoms with Crippen LogP contribution >= 0.6 is 11.6 Å². The van der Waals surface area contributed by atoms with Gasteiger partial charge in [-0.2, -0.15) is 13.2 Å². The van der Waals surface area contributed by atoms with E-state index in [1.807, 2.05) is 0 Å². The number of rotatable bonds is 3. The number of carboxylic acid groups (broad SMARTS) is 1. The van der Waals surface area contributed by atoms with Gasteiger partial charge in [-0.1, -0.05) is 17.7 Å². The minimum absolute atomic E-state index is 0.255. The molecule has 0 saturated carbocycles. The van der Waals surface area contributed by atoms with Gasteiger partial charge in [0.2, 0.25) is 0 Å². The molecule has 0 amide bonds. The summed E-state index contributed by atoms with van der Waals surface area (Å²) in [6.07, 6.45) is -4.91. The number of benzene rings is 1. The lowest BCUT2D eigenvalue weighted by Gasteiger charge is -2.13. The molecule has 0 fully saturated rings. The zero-order valence-electron chi connectivity index (χ0n) is 8.46. The molecule has 17 heavy (non-hydrogen) atoms. The van der Waals surface area contributed by atoms with Crippen molar-refractivity contribution in [3.63, 3.8) is 0 Å². The Bertz CT molecular complexity index is 434. The van der Waals surface area contributed by atoms with Gasteiger partial charge < -0.3 is 10.8 Å². The SMILES string of the molecule is NC(CC(=O)O)c1ccc(C(F)(F)F)c(Cl)c1. The molecule has 3 nitrogen and oxygen atoms in total. The summed E-state index contributed by atoms with van der Waals surface area (Å²) in [5.41, 5.74) is 4.79. The van der Waals surface area contributed by atoms with E-state index in [0.717, 1.165) is 18.2 Å². The normalized spacial score (nSPS) is 13.5. The molecule has 1 rings (SSSR count). The van der Waals surface area contributed by atoms with Gasteiger partial charge in [0.1, 0.15) is 0 Å². The molecule has 0 aliphatic heterocycles. The predicted molar refractivity (Wildman–Crippen MR) is 55.6 cm³/mol. The molecule has 0 heterocycles. The van der Waals surface area contributed by atoms with E-state index < -0.39 is 28.8 Å². The number of nitrogens with two attached hydrogens (primary N) is 1. The van der Waals surface area contributed by atoms with E-state index in [1.165, 1.54) is 0 Å². The van der Waals surface area contributed by atoms with Crippen LogP contribution in [0.25, 0.3) is 0 Å². The lowest BCUT2D eigenvalue weighted by molar-refractivity contribution is -0.138. The van der Waals surface area contributed by atoms with E-state index in [2.05, 4.69) is 0 Å². The van der Waals surface area contributed by atoms with Gasteiger partial charge in [0.05, 0.1) is 17.0 Å². The molecule has 1 aromatic carbocycles. The second kappa shape index (κ2) is 4.93. The fourth-order valence-electron chi connectivity index (χ4n) is 1.30. The van der Waals surface area contributed by atoms with Crippen LogP contribution in [0.15, 0.2) is 18.2 Å². The Kier molecular flexibility index (Phi) is 4.00. The van der Waals surface area contributed by atoms with Crippen LogP contribution in [0.2, 0.25) is 5.02 Å². The molecule has 0 aliphatic carbocycles. The monoisotopic (exact) mass is 267 g/mol. The Morgan fingerprint density at radius 2 is 2.06 bits per heavy atom. The summed E-state index contributed by atoms with van der Waals surface area (Å²) in [6, 6.07) is 2.08. The summed E-state index contributed by atoms with van der Waals surface area (Å²) in [5, 5.41) is 8.02. The molecule has 0 radical (unpaired) electrons. The molecular weight excluding hydrogens is 259 g/mol. The predicted octanol–water partition coefficient (Wildman–Crippen LogP) is 2.83. The lowest BCUT2D eigenvalue weighted by atomic mass is 10.0. The second-order valence-corrected chi connectivity index (χ2v) is 3.85. The Balaban J connectivity index is 3.00. The van der Waals surface area contributed by atoms with Crippen molar-refractivity contribution in [3.05, 3.63) is 34.3 Å². The molecule has 1 aromatic rings. The van der Waals surface area contributed by atoms with Crippen LogP contribution in [0.4, 0.5) is 13.2 Å². The van der Waals surface area contributed by atoms with Crippen LogP contribution in [0.1, 0.15) is 23.6 Å². The summed E-state index contributed by atoms with van der Waals surface area (Å²) in [7, 11) is 0. The Morgan fingerprint density at radius 1 is 1.47 bits per heavy atom. The summed E-state index contributed by atoms with van der Waals surface area (Å²) >= 11 is 5.47. The molecule has 1 atom stereocenters. The molecule has 0 aliphatic rings. The maximum atomic E-state index is 12.4. The third-order valence-electron chi connectivity index (χ3n) is 2.12. The van der Waals surface area contributed by atoms with Gasteiger partial charge in [0, 0.05) is 6.04 Å². The Hall–Kier alpha value is -1.27. The average Bonchev–Trinajstić information content (AvgIpc) is 2.14. The topological polar surface area (TPSA) is 63.3 Å². The molecular formula is C10H9ClF3NO2. The first-order valence-corrected chi connectivity index (χ1v) is 4.93. The van der Waals surface area contributed by atoms with Crippen molar-refractivity contribution in [3.8, 4) is 0 Å². The van der Waals surface area contributed by atoms with Crippen molar-refractivity contribution in [1.82, 2.24) is 0 Å². The van der Waals surface area contributed by atoms with Crippen molar-refractivity contribution < 1.29 is 23.1 Å². The van der Waals surface area contributed by atoms with Crippen LogP contribution < -0.4 is 5.73 Å². The van der Waals surface area contributed by atoms with Gasteiger partial charge in [-0.3, -0.25) is 4.79 Å². The van der Waals surface area contributed by atoms with Crippen molar-refractivity contribution >= 4 is 17.6 Å². The third kappa shape index (κ3) is 3.61. The summed E-state index contributed by atoms with van der Waals surface area (Å²) < 4.78 is 37.1. The van der Waals surface area contributed by atoms with E-state index in [1.54, 1.807) is 0 Å². The van der Waals surface area contributed by atoms with Crippen LogP contribution in [0.5, 0.6) is 0 Å². The van der Waals surface area contributed by atoms with Crippen molar-refractivity contribution in [2.24, 2.45) is 5.73 Å². The smallest absolute Gasteiger partial charge is 0.417 e. The van der Waals surface area contributed by atoms with Gasteiger partial charge >= 0.3 is 12.1 Å². The first kappa shape index (κ1) is 13.8. The van der Waals surface area contributed by atoms with Crippen molar-refractivity contribution in [2.45, 2.75) is 18.6 Å². The van der Waals surface area contributed by atoms with Gasteiger partial charge in [0.15, 0.2) is 0 Å². The van der Waals surface area contributed by atoms with Crippen molar-refractivity contribution in [1.29, 1.82) is 0 Å². The number of carbonyl (C=O) groups is 1. The molecule has 0 bridgehead atoms. The van der Waals surface area contributed by atoms with Crippen LogP contribution in [0.3, 0.4) is 0 Å². The van der Waals surface area contributed by atoms with Crippen LogP contribution in [-0.2, 0) is 11.0 Å². The van der Waals surface area contributed by atoms with Gasteiger partial charge in [-0.15, -0.1) is 0 Å². The quantitative estimate of drug-likeness (QED) is 0.885. The van der Waals surface area contributed by atoms with E-state index >= 15 is 0 Å². The largest absolute Gasteiger partial charge is 0.481 e. The van der Waals surface area contributed by atoms with Gasteiger partial charge in [-0.05, 0) is 17.7 Å². The number of hydrogen-bond donors (Lipinski definition) is 2. The van der Waals surface area contributed by atoms with E-state index in [4.69, 9.17) is 22.4 Å². The first-order chi connectivity index (χ1) is 7.71. The van der Waals surface area contributed by atoms with E-state index in [0.29, 0.717) is 0 Å². The van der Waals surface area contributed by atoms with E-state index in [-0.39, 0.29) is 12.0 Å². The molecule has 0 saturated heterocycles. The van der Waals surface area contributed by atoms with E-state index in [9.17, 15) is 18.0 Å². The minimum Gasteiger partial charge on any atom is -0.481 e. The molecule has 94 valence electrons. The fourth-order valence-corrected chi connectivity index (χ4v) is 1.59. The minimum atomic E-state index is -4.54. The zero-order chi connectivity index (χ0) is 13.2. The maximum absolute atomic E-state index is 12.4. The fraction of sp³-hybridized carbons (Fsp3) is 0.300. The van der Waals surface area contributed by atoms with Gasteiger partial charge in [0.25, 0.3) is 0 Å². The third-order valence-corrected chi connectivity index (χ3v) is 2.43. The molecule has 1 unspecified atom stereocenters. The Labute approximate surface area is 100.0 Å². The number of alkyl halides is 3. The molecule has 3 N–H and O–H groups in total. The second-order valence-electron chi connectivity index (χ2n) is 3.44. The highest BCUT2D eigenvalue weighted by molar-refractivity contribution is 6.31. The molecule has 0 aromatic heterocycles. The maximum Gasteiger partial charge on any atom is 0.417 e. The molecule has 7 heteroatoms. The van der Waals surface area contributed by atoms with Crippen molar-refractivity contribution in [2.75, 3.05) is 0 Å². The summed E-state index contributed by atoms with van der Waals surface area (Å²) in [4.78, 5) is 10.4. The molecule has 0 spiro atoms. The number of carboxylic acids is 1.